The molecular formula is C16H22N4O3. The van der Waals surface area contributed by atoms with Gasteiger partial charge in [0.15, 0.2) is 6.61 Å². The van der Waals surface area contributed by atoms with Gasteiger partial charge < -0.3 is 20.3 Å². The lowest BCUT2D eigenvalue weighted by Crippen LogP contribution is -2.31. The average molecular weight is 318 g/mol. The first kappa shape index (κ1) is 17.0. The molecule has 1 aromatic carbocycles. The summed E-state index contributed by atoms with van der Waals surface area (Å²) >= 11 is 0. The third kappa shape index (κ3) is 5.07. The van der Waals surface area contributed by atoms with Crippen LogP contribution in [0.25, 0.3) is 0 Å². The molecular weight excluding hydrogens is 296 g/mol. The molecule has 2 rings (SSSR count). The third-order valence-electron chi connectivity index (χ3n) is 3.31. The van der Waals surface area contributed by atoms with Gasteiger partial charge in [0, 0.05) is 18.5 Å². The Kier molecular flexibility index (Phi) is 6.10. The van der Waals surface area contributed by atoms with E-state index in [0.717, 1.165) is 0 Å². The van der Waals surface area contributed by atoms with Gasteiger partial charge in [-0.2, -0.15) is 4.98 Å². The monoisotopic (exact) mass is 318 g/mol. The van der Waals surface area contributed by atoms with E-state index in [4.69, 9.17) is 15.0 Å². The number of rotatable bonds is 8. The largest absolute Gasteiger partial charge is 0.485 e. The summed E-state index contributed by atoms with van der Waals surface area (Å²) in [6, 6.07) is 6.90. The second kappa shape index (κ2) is 8.28. The molecule has 1 aromatic heterocycles. The summed E-state index contributed by atoms with van der Waals surface area (Å²) in [5.41, 5.74) is 6.10. The predicted octanol–water partition coefficient (Wildman–Crippen LogP) is 1.54. The number of amides is 1. The van der Waals surface area contributed by atoms with Crippen LogP contribution in [0.2, 0.25) is 0 Å². The molecule has 0 aliphatic heterocycles. The molecule has 1 atom stereocenters. The summed E-state index contributed by atoms with van der Waals surface area (Å²) in [5.74, 6) is 1.86. The number of aryl methyl sites for hydroxylation is 1. The molecule has 1 amide bonds. The van der Waals surface area contributed by atoms with Crippen molar-refractivity contribution < 1.29 is 14.1 Å². The van der Waals surface area contributed by atoms with Gasteiger partial charge in [-0.1, -0.05) is 19.0 Å². The number of nitrogens with two attached hydrogens (primary N) is 1. The van der Waals surface area contributed by atoms with Gasteiger partial charge in [0.1, 0.15) is 5.75 Å². The van der Waals surface area contributed by atoms with E-state index in [1.807, 2.05) is 13.8 Å². The van der Waals surface area contributed by atoms with Crippen LogP contribution in [0.1, 0.15) is 35.9 Å². The molecule has 2 aromatic rings. The molecule has 0 radical (unpaired) electrons. The lowest BCUT2D eigenvalue weighted by atomic mass is 10.1. The van der Waals surface area contributed by atoms with E-state index in [1.54, 1.807) is 24.3 Å². The molecule has 0 fully saturated rings. The van der Waals surface area contributed by atoms with Gasteiger partial charge in [-0.15, -0.1) is 0 Å². The number of carbonyl (C=O) groups is 1. The lowest BCUT2D eigenvalue weighted by molar-refractivity contribution is 0.0948. The Morgan fingerprint density at radius 3 is 2.74 bits per heavy atom. The second-order valence-electron chi connectivity index (χ2n) is 5.32. The van der Waals surface area contributed by atoms with Crippen LogP contribution in [0.3, 0.4) is 0 Å². The second-order valence-corrected chi connectivity index (χ2v) is 5.32. The van der Waals surface area contributed by atoms with Crippen molar-refractivity contribution in [1.29, 1.82) is 0 Å². The normalized spacial score (nSPS) is 12.0. The van der Waals surface area contributed by atoms with Gasteiger partial charge in [0.2, 0.25) is 11.7 Å². The van der Waals surface area contributed by atoms with E-state index >= 15 is 0 Å². The standard InChI is InChI=1S/C16H22N4O3/c1-3-15-19-14(20-23-15)10-22-13-6-4-12(5-7-13)16(21)18-9-11(2)8-17/h4-7,11H,3,8-10,17H2,1-2H3,(H,18,21). The first-order chi connectivity index (χ1) is 11.1. The summed E-state index contributed by atoms with van der Waals surface area (Å²) in [7, 11) is 0. The molecule has 124 valence electrons. The molecule has 7 nitrogen and oxygen atoms in total. The highest BCUT2D eigenvalue weighted by Crippen LogP contribution is 2.13. The van der Waals surface area contributed by atoms with Gasteiger partial charge in [-0.25, -0.2) is 0 Å². The van der Waals surface area contributed by atoms with Crippen LogP contribution in [0.15, 0.2) is 28.8 Å². The van der Waals surface area contributed by atoms with E-state index in [9.17, 15) is 4.79 Å². The van der Waals surface area contributed by atoms with E-state index in [-0.39, 0.29) is 18.4 Å². The molecule has 23 heavy (non-hydrogen) atoms. The molecule has 7 heteroatoms. The van der Waals surface area contributed by atoms with Crippen molar-refractivity contribution in [3.63, 3.8) is 0 Å². The quantitative estimate of drug-likeness (QED) is 0.765. The van der Waals surface area contributed by atoms with Gasteiger partial charge in [0.25, 0.3) is 5.91 Å². The fraction of sp³-hybridized carbons (Fsp3) is 0.438. The summed E-state index contributed by atoms with van der Waals surface area (Å²) < 4.78 is 10.6. The number of hydrogen-bond donors (Lipinski definition) is 2. The van der Waals surface area contributed by atoms with E-state index < -0.39 is 0 Å². The van der Waals surface area contributed by atoms with Gasteiger partial charge in [-0.05, 0) is 36.7 Å². The van der Waals surface area contributed by atoms with Crippen molar-refractivity contribution in [1.82, 2.24) is 15.5 Å². The van der Waals surface area contributed by atoms with Crippen LogP contribution in [-0.2, 0) is 13.0 Å². The molecule has 1 unspecified atom stereocenters. The minimum Gasteiger partial charge on any atom is -0.485 e. The number of hydrogen-bond acceptors (Lipinski definition) is 6. The Hall–Kier alpha value is -2.41. The number of benzene rings is 1. The van der Waals surface area contributed by atoms with Gasteiger partial charge in [0.05, 0.1) is 0 Å². The Morgan fingerprint density at radius 1 is 1.39 bits per heavy atom. The van der Waals surface area contributed by atoms with Gasteiger partial charge >= 0.3 is 0 Å². The van der Waals surface area contributed by atoms with Crippen LogP contribution < -0.4 is 15.8 Å². The lowest BCUT2D eigenvalue weighted by Gasteiger charge is -2.10. The Bertz CT molecular complexity index is 625. The summed E-state index contributed by atoms with van der Waals surface area (Å²) in [6.07, 6.45) is 0.694. The zero-order chi connectivity index (χ0) is 16.7. The number of nitrogens with one attached hydrogen (secondary N) is 1. The smallest absolute Gasteiger partial charge is 0.251 e. The van der Waals surface area contributed by atoms with Crippen LogP contribution in [0.4, 0.5) is 0 Å². The Labute approximate surface area is 135 Å². The summed E-state index contributed by atoms with van der Waals surface area (Å²) in [4.78, 5) is 16.1. The molecule has 0 saturated heterocycles. The zero-order valence-electron chi connectivity index (χ0n) is 13.4. The fourth-order valence-electron chi connectivity index (χ4n) is 1.80. The summed E-state index contributed by atoms with van der Waals surface area (Å²) in [5, 5.41) is 6.66. The van der Waals surface area contributed by atoms with Crippen LogP contribution >= 0.6 is 0 Å². The Balaban J connectivity index is 1.85. The van der Waals surface area contributed by atoms with Crippen LogP contribution in [0.5, 0.6) is 5.75 Å². The van der Waals surface area contributed by atoms with Crippen LogP contribution in [0, 0.1) is 5.92 Å². The predicted molar refractivity (Wildman–Crippen MR) is 85.0 cm³/mol. The van der Waals surface area contributed by atoms with Crippen LogP contribution in [-0.4, -0.2) is 29.1 Å². The molecule has 0 spiro atoms. The Morgan fingerprint density at radius 2 is 2.13 bits per heavy atom. The van der Waals surface area contributed by atoms with Crippen molar-refractivity contribution in [3.05, 3.63) is 41.5 Å². The van der Waals surface area contributed by atoms with Crippen molar-refractivity contribution in [2.45, 2.75) is 26.9 Å². The average Bonchev–Trinajstić information content (AvgIpc) is 3.06. The van der Waals surface area contributed by atoms with Crippen molar-refractivity contribution >= 4 is 5.91 Å². The van der Waals surface area contributed by atoms with E-state index in [2.05, 4.69) is 15.5 Å². The maximum Gasteiger partial charge on any atom is 0.251 e. The number of carbonyl (C=O) groups excluding carboxylic acids is 1. The third-order valence-corrected chi connectivity index (χ3v) is 3.31. The maximum absolute atomic E-state index is 12.0. The van der Waals surface area contributed by atoms with Crippen molar-refractivity contribution in [2.75, 3.05) is 13.1 Å². The molecule has 0 aliphatic carbocycles. The minimum atomic E-state index is -0.123. The zero-order valence-corrected chi connectivity index (χ0v) is 13.4. The summed E-state index contributed by atoms with van der Waals surface area (Å²) in [6.45, 7) is 5.26. The highest BCUT2D eigenvalue weighted by atomic mass is 16.5. The number of nitrogens with zero attached hydrogens (tertiary/aromatic N) is 2. The highest BCUT2D eigenvalue weighted by Gasteiger charge is 2.08. The van der Waals surface area contributed by atoms with Crippen molar-refractivity contribution in [3.8, 4) is 5.75 Å². The number of ether oxygens (including phenoxy) is 1. The molecule has 1 heterocycles. The van der Waals surface area contributed by atoms with Gasteiger partial charge in [-0.3, -0.25) is 4.79 Å². The molecule has 0 saturated carbocycles. The van der Waals surface area contributed by atoms with E-state index in [1.165, 1.54) is 0 Å². The highest BCUT2D eigenvalue weighted by molar-refractivity contribution is 5.94. The first-order valence-corrected chi connectivity index (χ1v) is 7.65. The SMILES string of the molecule is CCc1nc(COc2ccc(C(=O)NCC(C)CN)cc2)no1. The fourth-order valence-corrected chi connectivity index (χ4v) is 1.80. The molecule has 3 N–H and O–H groups in total. The van der Waals surface area contributed by atoms with E-state index in [0.29, 0.717) is 42.5 Å². The van der Waals surface area contributed by atoms with Crippen molar-refractivity contribution in [2.24, 2.45) is 11.7 Å². The first-order valence-electron chi connectivity index (χ1n) is 7.65. The molecule has 0 bridgehead atoms. The number of aromatic nitrogens is 2. The minimum absolute atomic E-state index is 0.123. The topological polar surface area (TPSA) is 103 Å². The maximum atomic E-state index is 12.0. The molecule has 0 aliphatic rings.